The van der Waals surface area contributed by atoms with Crippen molar-refractivity contribution in [1.29, 1.82) is 0 Å². The quantitative estimate of drug-likeness (QED) is 0.587. The number of nitrogens with two attached hydrogens (primary N) is 1. The van der Waals surface area contributed by atoms with Gasteiger partial charge < -0.3 is 0 Å². The minimum absolute atomic E-state index is 0.310. The summed E-state index contributed by atoms with van der Waals surface area (Å²) in [5.41, 5.74) is 2.98. The van der Waals surface area contributed by atoms with E-state index in [4.69, 9.17) is 5.84 Å². The van der Waals surface area contributed by atoms with Crippen LogP contribution in [0.5, 0.6) is 0 Å². The molecule has 2 aliphatic rings. The number of hydrogen-bond acceptors (Lipinski definition) is 5. The van der Waals surface area contributed by atoms with Crippen LogP contribution in [0.25, 0.3) is 0 Å². The van der Waals surface area contributed by atoms with Crippen molar-refractivity contribution in [1.82, 2.24) is 9.73 Å². The van der Waals surface area contributed by atoms with E-state index >= 15 is 0 Å². The molecule has 0 aromatic rings. The van der Waals surface area contributed by atoms with E-state index in [2.05, 4.69) is 5.43 Å². The summed E-state index contributed by atoms with van der Waals surface area (Å²) in [5.74, 6) is 7.40. The maximum Gasteiger partial charge on any atom is 0.211 e. The zero-order chi connectivity index (χ0) is 14.6. The van der Waals surface area contributed by atoms with Gasteiger partial charge in [-0.25, -0.2) is 12.7 Å². The Kier molecular flexibility index (Phi) is 6.16. The smallest absolute Gasteiger partial charge is 0.211 e. The number of nitrogens with zero attached hydrogens (tertiary/aromatic N) is 1. The second kappa shape index (κ2) is 7.45. The van der Waals surface area contributed by atoms with Gasteiger partial charge in [0, 0.05) is 24.4 Å². The highest BCUT2D eigenvalue weighted by Gasteiger charge is 2.30. The van der Waals surface area contributed by atoms with Gasteiger partial charge in [-0.15, -0.1) is 0 Å². The zero-order valence-corrected chi connectivity index (χ0v) is 13.9. The monoisotopic (exact) mass is 321 g/mol. The van der Waals surface area contributed by atoms with Crippen molar-refractivity contribution in [3.8, 4) is 0 Å². The van der Waals surface area contributed by atoms with Crippen LogP contribution in [-0.2, 0) is 10.0 Å². The molecule has 3 atom stereocenters. The molecule has 0 amide bonds. The summed E-state index contributed by atoms with van der Waals surface area (Å²) in [7, 11) is -3.05. The molecule has 0 bridgehead atoms. The molecule has 2 fully saturated rings. The van der Waals surface area contributed by atoms with Crippen LogP contribution in [0.1, 0.15) is 38.5 Å². The van der Waals surface area contributed by atoms with Crippen LogP contribution in [0, 0.1) is 5.92 Å². The summed E-state index contributed by atoms with van der Waals surface area (Å²) in [6.07, 6.45) is 8.20. The largest absolute Gasteiger partial charge is 0.271 e. The van der Waals surface area contributed by atoms with Gasteiger partial charge >= 0.3 is 0 Å². The van der Waals surface area contributed by atoms with Crippen molar-refractivity contribution in [3.63, 3.8) is 0 Å². The Balaban J connectivity index is 1.90. The van der Waals surface area contributed by atoms with Crippen LogP contribution in [0.4, 0.5) is 0 Å². The van der Waals surface area contributed by atoms with E-state index in [9.17, 15) is 8.42 Å². The van der Waals surface area contributed by atoms with Gasteiger partial charge in [0.25, 0.3) is 0 Å². The Morgan fingerprint density at radius 2 is 2.15 bits per heavy atom. The van der Waals surface area contributed by atoms with Gasteiger partial charge in [0.1, 0.15) is 0 Å². The average molecular weight is 322 g/mol. The number of piperidine rings is 1. The van der Waals surface area contributed by atoms with Gasteiger partial charge in [-0.3, -0.25) is 11.3 Å². The molecule has 2 saturated heterocycles. The van der Waals surface area contributed by atoms with Gasteiger partial charge in [-0.2, -0.15) is 11.8 Å². The molecule has 3 N–H and O–H groups in total. The SMILES string of the molecule is CS(=O)(=O)N1CCCC(CC(NN)C2CCCCS2)C1. The van der Waals surface area contributed by atoms with E-state index in [0.29, 0.717) is 30.3 Å². The molecule has 2 heterocycles. The van der Waals surface area contributed by atoms with Crippen molar-refractivity contribution in [2.24, 2.45) is 11.8 Å². The number of nitrogens with one attached hydrogen (secondary N) is 1. The highest BCUT2D eigenvalue weighted by Crippen LogP contribution is 2.31. The van der Waals surface area contributed by atoms with Crippen LogP contribution in [0.15, 0.2) is 0 Å². The Bertz CT molecular complexity index is 396. The van der Waals surface area contributed by atoms with Crippen LogP contribution in [0.3, 0.4) is 0 Å². The Morgan fingerprint density at radius 3 is 2.75 bits per heavy atom. The summed E-state index contributed by atoms with van der Waals surface area (Å²) in [6, 6.07) is 0.310. The molecule has 7 heteroatoms. The molecule has 2 rings (SSSR count). The first-order valence-electron chi connectivity index (χ1n) is 7.53. The van der Waals surface area contributed by atoms with Gasteiger partial charge in [0.05, 0.1) is 6.26 Å². The molecule has 0 aromatic carbocycles. The first kappa shape index (κ1) is 16.5. The van der Waals surface area contributed by atoms with E-state index < -0.39 is 10.0 Å². The van der Waals surface area contributed by atoms with E-state index in [-0.39, 0.29) is 0 Å². The highest BCUT2D eigenvalue weighted by atomic mass is 32.2. The molecule has 0 saturated carbocycles. The predicted octanol–water partition coefficient (Wildman–Crippen LogP) is 1.17. The van der Waals surface area contributed by atoms with Crippen LogP contribution in [0.2, 0.25) is 0 Å². The number of hydrazine groups is 1. The van der Waals surface area contributed by atoms with Gasteiger partial charge in [0.15, 0.2) is 0 Å². The third-order valence-electron chi connectivity index (χ3n) is 4.42. The number of rotatable bonds is 5. The third kappa shape index (κ3) is 4.59. The molecule has 5 nitrogen and oxygen atoms in total. The summed E-state index contributed by atoms with van der Waals surface area (Å²) < 4.78 is 25.0. The third-order valence-corrected chi connectivity index (χ3v) is 7.20. The second-order valence-electron chi connectivity index (χ2n) is 6.04. The standard InChI is InChI=1S/C13H27N3O2S2/c1-20(17,18)16-7-4-5-11(10-16)9-12(15-14)13-6-2-3-8-19-13/h11-13,15H,2-10,14H2,1H3. The molecule has 0 radical (unpaired) electrons. The average Bonchev–Trinajstić information content (AvgIpc) is 2.45. The minimum Gasteiger partial charge on any atom is -0.271 e. The highest BCUT2D eigenvalue weighted by molar-refractivity contribution is 8.00. The lowest BCUT2D eigenvalue weighted by Crippen LogP contribution is -2.47. The predicted molar refractivity (Wildman–Crippen MR) is 85.0 cm³/mol. The van der Waals surface area contributed by atoms with Crippen molar-refractivity contribution in [3.05, 3.63) is 0 Å². The molecule has 118 valence electrons. The Morgan fingerprint density at radius 1 is 1.35 bits per heavy atom. The molecule has 0 aliphatic carbocycles. The molecular weight excluding hydrogens is 294 g/mol. The maximum atomic E-state index is 11.7. The first-order valence-corrected chi connectivity index (χ1v) is 10.4. The fourth-order valence-corrected chi connectivity index (χ4v) is 5.66. The normalized spacial score (nSPS) is 31.1. The van der Waals surface area contributed by atoms with Crippen molar-refractivity contribution < 1.29 is 8.42 Å². The fourth-order valence-electron chi connectivity index (χ4n) is 3.29. The van der Waals surface area contributed by atoms with Crippen LogP contribution < -0.4 is 11.3 Å². The maximum absolute atomic E-state index is 11.7. The molecule has 0 spiro atoms. The summed E-state index contributed by atoms with van der Waals surface area (Å²) >= 11 is 2.02. The lowest BCUT2D eigenvalue weighted by atomic mass is 9.90. The lowest BCUT2D eigenvalue weighted by molar-refractivity contribution is 0.234. The van der Waals surface area contributed by atoms with E-state index in [1.807, 2.05) is 11.8 Å². The van der Waals surface area contributed by atoms with Crippen LogP contribution in [-0.4, -0.2) is 49.1 Å². The first-order chi connectivity index (χ1) is 9.50. The Labute approximate surface area is 127 Å². The summed E-state index contributed by atoms with van der Waals surface area (Å²) in [5, 5.41) is 0.586. The van der Waals surface area contributed by atoms with Gasteiger partial charge in [-0.1, -0.05) is 6.42 Å². The fraction of sp³-hybridized carbons (Fsp3) is 1.00. The molecular formula is C13H27N3O2S2. The van der Waals surface area contributed by atoms with E-state index in [1.54, 1.807) is 4.31 Å². The van der Waals surface area contributed by atoms with Crippen molar-refractivity contribution in [2.75, 3.05) is 25.1 Å². The van der Waals surface area contributed by atoms with Crippen molar-refractivity contribution >= 4 is 21.8 Å². The van der Waals surface area contributed by atoms with Gasteiger partial charge in [-0.05, 0) is 43.8 Å². The number of thioether (sulfide) groups is 1. The number of sulfonamides is 1. The lowest BCUT2D eigenvalue weighted by Gasteiger charge is -2.36. The molecule has 20 heavy (non-hydrogen) atoms. The van der Waals surface area contributed by atoms with E-state index in [0.717, 1.165) is 19.3 Å². The van der Waals surface area contributed by atoms with Gasteiger partial charge in [0.2, 0.25) is 10.0 Å². The second-order valence-corrected chi connectivity index (χ2v) is 9.37. The molecule has 0 aromatic heterocycles. The summed E-state index contributed by atoms with van der Waals surface area (Å²) in [6.45, 7) is 1.34. The van der Waals surface area contributed by atoms with Crippen LogP contribution >= 0.6 is 11.8 Å². The minimum atomic E-state index is -3.05. The molecule has 2 aliphatic heterocycles. The topological polar surface area (TPSA) is 75.4 Å². The number of hydrogen-bond donors (Lipinski definition) is 2. The van der Waals surface area contributed by atoms with Crippen molar-refractivity contribution in [2.45, 2.75) is 49.8 Å². The zero-order valence-electron chi connectivity index (χ0n) is 12.3. The summed E-state index contributed by atoms with van der Waals surface area (Å²) in [4.78, 5) is 0. The Hall–Kier alpha value is 0.180. The van der Waals surface area contributed by atoms with E-state index in [1.165, 1.54) is 31.3 Å². The molecule has 3 unspecified atom stereocenters.